The molecule has 0 saturated carbocycles. The Kier molecular flexibility index (Phi) is 5.08. The second kappa shape index (κ2) is 7.61. The molecule has 0 atom stereocenters. The molecule has 6 nitrogen and oxygen atoms in total. The molecular weight excluding hydrogens is 344 g/mol. The number of ketones is 1. The number of rotatable bonds is 5. The molecule has 0 radical (unpaired) electrons. The molecule has 0 aliphatic carbocycles. The van der Waals surface area contributed by atoms with Gasteiger partial charge in [0.1, 0.15) is 0 Å². The summed E-state index contributed by atoms with van der Waals surface area (Å²) >= 11 is 0. The Labute approximate surface area is 155 Å². The molecule has 3 aromatic carbocycles. The zero-order chi connectivity index (χ0) is 19.4. The van der Waals surface area contributed by atoms with Crippen LogP contribution in [0.2, 0.25) is 0 Å². The normalized spacial score (nSPS) is 10.3. The first kappa shape index (κ1) is 18.0. The van der Waals surface area contributed by atoms with Crippen molar-refractivity contribution in [1.29, 1.82) is 0 Å². The number of aryl methyl sites for hydroxylation is 1. The highest BCUT2D eigenvalue weighted by atomic mass is 16.6. The molecule has 0 saturated heterocycles. The topological polar surface area (TPSA) is 89.3 Å². The van der Waals surface area contributed by atoms with Gasteiger partial charge in [0.2, 0.25) is 0 Å². The lowest BCUT2D eigenvalue weighted by molar-refractivity contribution is -0.384. The number of nitro benzene ring substituents is 1. The fourth-order valence-corrected chi connectivity index (χ4v) is 2.59. The van der Waals surface area contributed by atoms with Crippen LogP contribution in [0.15, 0.2) is 72.8 Å². The maximum Gasteiger partial charge on any atom is 0.270 e. The molecule has 1 N–H and O–H groups in total. The number of hydrogen-bond donors (Lipinski definition) is 1. The summed E-state index contributed by atoms with van der Waals surface area (Å²) < 4.78 is 0. The lowest BCUT2D eigenvalue weighted by Crippen LogP contribution is -2.15. The lowest BCUT2D eigenvalue weighted by Gasteiger charge is -2.11. The highest BCUT2D eigenvalue weighted by Crippen LogP contribution is 2.25. The zero-order valence-electron chi connectivity index (χ0n) is 14.5. The van der Waals surface area contributed by atoms with E-state index in [1.807, 2.05) is 6.92 Å². The molecule has 0 heterocycles. The average molecular weight is 360 g/mol. The smallest absolute Gasteiger partial charge is 0.270 e. The van der Waals surface area contributed by atoms with Gasteiger partial charge in [-0.2, -0.15) is 0 Å². The van der Waals surface area contributed by atoms with Crippen molar-refractivity contribution in [2.75, 3.05) is 5.32 Å². The summed E-state index contributed by atoms with van der Waals surface area (Å²) in [6, 6.07) is 19.2. The summed E-state index contributed by atoms with van der Waals surface area (Å²) in [6.07, 6.45) is 0. The van der Waals surface area contributed by atoms with Crippen LogP contribution in [-0.2, 0) is 0 Å². The van der Waals surface area contributed by atoms with Gasteiger partial charge in [-0.05, 0) is 25.1 Å². The van der Waals surface area contributed by atoms with E-state index in [4.69, 9.17) is 0 Å². The molecule has 0 fully saturated rings. The quantitative estimate of drug-likeness (QED) is 0.415. The number of non-ortho nitro benzene ring substituents is 1. The third-order valence-electron chi connectivity index (χ3n) is 4.06. The van der Waals surface area contributed by atoms with E-state index in [0.717, 1.165) is 5.56 Å². The van der Waals surface area contributed by atoms with Crippen molar-refractivity contribution in [2.45, 2.75) is 6.92 Å². The van der Waals surface area contributed by atoms with Crippen molar-refractivity contribution in [1.82, 2.24) is 0 Å². The Balaban J connectivity index is 1.99. The number of nitrogens with zero attached hydrogens (tertiary/aromatic N) is 1. The average Bonchev–Trinajstić information content (AvgIpc) is 2.68. The molecule has 3 rings (SSSR count). The predicted octanol–water partition coefficient (Wildman–Crippen LogP) is 4.39. The van der Waals surface area contributed by atoms with E-state index in [2.05, 4.69) is 5.32 Å². The van der Waals surface area contributed by atoms with E-state index in [-0.39, 0.29) is 16.9 Å². The Hall–Kier alpha value is -3.80. The van der Waals surface area contributed by atoms with Gasteiger partial charge in [0, 0.05) is 23.3 Å². The summed E-state index contributed by atoms with van der Waals surface area (Å²) in [5.74, 6) is -0.801. The van der Waals surface area contributed by atoms with Gasteiger partial charge in [-0.3, -0.25) is 19.7 Å². The Morgan fingerprint density at radius 3 is 2.19 bits per heavy atom. The van der Waals surface area contributed by atoms with Gasteiger partial charge in [-0.25, -0.2) is 0 Å². The highest BCUT2D eigenvalue weighted by Gasteiger charge is 2.19. The van der Waals surface area contributed by atoms with Gasteiger partial charge in [0.05, 0.1) is 16.2 Å². The van der Waals surface area contributed by atoms with Crippen LogP contribution in [-0.4, -0.2) is 16.6 Å². The number of nitro groups is 1. The number of carbonyl (C=O) groups is 2. The molecule has 0 unspecified atom stereocenters. The Morgan fingerprint density at radius 1 is 0.889 bits per heavy atom. The van der Waals surface area contributed by atoms with E-state index in [1.54, 1.807) is 54.6 Å². The molecule has 0 bridgehead atoms. The van der Waals surface area contributed by atoms with Crippen LogP contribution in [0.3, 0.4) is 0 Å². The van der Waals surface area contributed by atoms with E-state index in [1.165, 1.54) is 18.2 Å². The standard InChI is InChI=1S/C21H16N2O4/c1-14-7-9-16(10-8-14)21(25)22-19-12-11-17(23(26)27)13-18(19)20(24)15-5-3-2-4-6-15/h2-13H,1H3,(H,22,25). The van der Waals surface area contributed by atoms with E-state index in [0.29, 0.717) is 11.1 Å². The highest BCUT2D eigenvalue weighted by molar-refractivity contribution is 6.15. The fourth-order valence-electron chi connectivity index (χ4n) is 2.59. The van der Waals surface area contributed by atoms with Gasteiger partial charge in [0.15, 0.2) is 5.78 Å². The molecule has 1 amide bonds. The number of nitrogens with one attached hydrogen (secondary N) is 1. The number of amides is 1. The first-order valence-electron chi connectivity index (χ1n) is 8.22. The Bertz CT molecular complexity index is 1010. The predicted molar refractivity (Wildman–Crippen MR) is 102 cm³/mol. The van der Waals surface area contributed by atoms with Crippen LogP contribution in [0.25, 0.3) is 0 Å². The van der Waals surface area contributed by atoms with Crippen LogP contribution in [0.1, 0.15) is 31.8 Å². The molecule has 6 heteroatoms. The first-order valence-corrected chi connectivity index (χ1v) is 8.22. The van der Waals surface area contributed by atoms with Crippen molar-refractivity contribution >= 4 is 23.1 Å². The molecule has 134 valence electrons. The van der Waals surface area contributed by atoms with Crippen LogP contribution in [0.4, 0.5) is 11.4 Å². The number of hydrogen-bond acceptors (Lipinski definition) is 4. The summed E-state index contributed by atoms with van der Waals surface area (Å²) in [4.78, 5) is 35.9. The maximum atomic E-state index is 12.8. The number of carbonyl (C=O) groups excluding carboxylic acids is 2. The van der Waals surface area contributed by atoms with Gasteiger partial charge in [-0.1, -0.05) is 48.0 Å². The summed E-state index contributed by atoms with van der Waals surface area (Å²) in [5.41, 5.74) is 1.89. The number of benzene rings is 3. The van der Waals surface area contributed by atoms with Crippen molar-refractivity contribution in [3.8, 4) is 0 Å². The molecule has 0 aliphatic heterocycles. The van der Waals surface area contributed by atoms with Crippen LogP contribution < -0.4 is 5.32 Å². The Morgan fingerprint density at radius 2 is 1.56 bits per heavy atom. The van der Waals surface area contributed by atoms with Crippen LogP contribution in [0.5, 0.6) is 0 Å². The van der Waals surface area contributed by atoms with Gasteiger partial charge in [0.25, 0.3) is 11.6 Å². The van der Waals surface area contributed by atoms with Crippen molar-refractivity contribution < 1.29 is 14.5 Å². The molecule has 0 aliphatic rings. The van der Waals surface area contributed by atoms with E-state index < -0.39 is 16.6 Å². The monoisotopic (exact) mass is 360 g/mol. The lowest BCUT2D eigenvalue weighted by atomic mass is 10.0. The summed E-state index contributed by atoms with van der Waals surface area (Å²) in [5, 5.41) is 13.8. The van der Waals surface area contributed by atoms with Crippen LogP contribution in [0, 0.1) is 17.0 Å². The minimum atomic E-state index is -0.576. The largest absolute Gasteiger partial charge is 0.321 e. The van der Waals surface area contributed by atoms with Crippen molar-refractivity contribution in [3.63, 3.8) is 0 Å². The zero-order valence-corrected chi connectivity index (χ0v) is 14.5. The van der Waals surface area contributed by atoms with Gasteiger partial charge >= 0.3 is 0 Å². The van der Waals surface area contributed by atoms with Gasteiger partial charge in [-0.15, -0.1) is 0 Å². The maximum absolute atomic E-state index is 12.8. The second-order valence-electron chi connectivity index (χ2n) is 6.00. The molecular formula is C21H16N2O4. The van der Waals surface area contributed by atoms with E-state index in [9.17, 15) is 19.7 Å². The fraction of sp³-hybridized carbons (Fsp3) is 0.0476. The van der Waals surface area contributed by atoms with E-state index >= 15 is 0 Å². The minimum absolute atomic E-state index is 0.0656. The minimum Gasteiger partial charge on any atom is -0.321 e. The molecule has 27 heavy (non-hydrogen) atoms. The third kappa shape index (κ3) is 4.07. The SMILES string of the molecule is Cc1ccc(C(=O)Nc2ccc([N+](=O)[O-])cc2C(=O)c2ccccc2)cc1. The summed E-state index contributed by atoms with van der Waals surface area (Å²) in [6.45, 7) is 1.91. The summed E-state index contributed by atoms with van der Waals surface area (Å²) in [7, 11) is 0. The second-order valence-corrected chi connectivity index (χ2v) is 6.00. The molecule has 0 aromatic heterocycles. The first-order chi connectivity index (χ1) is 13.0. The van der Waals surface area contributed by atoms with Crippen molar-refractivity contribution in [2.24, 2.45) is 0 Å². The molecule has 3 aromatic rings. The third-order valence-corrected chi connectivity index (χ3v) is 4.06. The van der Waals surface area contributed by atoms with Crippen molar-refractivity contribution in [3.05, 3.63) is 105 Å². The van der Waals surface area contributed by atoms with Gasteiger partial charge < -0.3 is 5.32 Å². The number of anilines is 1. The molecule has 0 spiro atoms. The van der Waals surface area contributed by atoms with Crippen LogP contribution >= 0.6 is 0 Å².